The molecule has 1 aromatic carbocycles. The van der Waals surface area contributed by atoms with E-state index in [1.54, 1.807) is 0 Å². The number of ether oxygens (including phenoxy) is 1. The highest BCUT2D eigenvalue weighted by atomic mass is 79.9. The van der Waals surface area contributed by atoms with Crippen LogP contribution >= 0.6 is 15.9 Å². The zero-order valence-corrected chi connectivity index (χ0v) is 18.1. The molecule has 0 spiro atoms. The maximum Gasteiger partial charge on any atom is 0.224 e. The summed E-state index contributed by atoms with van der Waals surface area (Å²) in [5.74, 6) is 1.71. The van der Waals surface area contributed by atoms with Crippen molar-refractivity contribution in [2.24, 2.45) is 0 Å². The highest BCUT2D eigenvalue weighted by molar-refractivity contribution is 9.10. The Kier molecular flexibility index (Phi) is 5.91. The summed E-state index contributed by atoms with van der Waals surface area (Å²) in [6.07, 6.45) is 4.52. The van der Waals surface area contributed by atoms with E-state index in [0.29, 0.717) is 6.04 Å². The molecule has 0 amide bonds. The Morgan fingerprint density at radius 2 is 1.77 bits per heavy atom. The largest absolute Gasteiger partial charge is 0.438 e. The van der Waals surface area contributed by atoms with Crippen molar-refractivity contribution in [3.05, 3.63) is 45.1 Å². The van der Waals surface area contributed by atoms with Gasteiger partial charge in [0.05, 0.1) is 0 Å². The fourth-order valence-electron chi connectivity index (χ4n) is 4.04. The second kappa shape index (κ2) is 7.99. The predicted octanol–water partition coefficient (Wildman–Crippen LogP) is 6.50. The molecule has 0 N–H and O–H groups in total. The van der Waals surface area contributed by atoms with Crippen LogP contribution in [-0.4, -0.2) is 17.6 Å². The number of anilines is 1. The Hall–Kier alpha value is -1.55. The van der Waals surface area contributed by atoms with Crippen LogP contribution in [0.3, 0.4) is 0 Å². The fourth-order valence-corrected chi connectivity index (χ4v) is 4.73. The molecule has 0 unspecified atom stereocenters. The molecule has 2 aromatic rings. The van der Waals surface area contributed by atoms with E-state index in [1.165, 1.54) is 24.1 Å². The second-order valence-corrected chi connectivity index (χ2v) is 8.22. The lowest BCUT2D eigenvalue weighted by Crippen LogP contribution is -2.38. The molecule has 0 bridgehead atoms. The lowest BCUT2D eigenvalue weighted by atomic mass is 9.98. The molecule has 0 saturated carbocycles. The van der Waals surface area contributed by atoms with Crippen LogP contribution in [0.1, 0.15) is 55.5 Å². The van der Waals surface area contributed by atoms with E-state index < -0.39 is 0 Å². The smallest absolute Gasteiger partial charge is 0.224 e. The molecule has 2 heterocycles. The van der Waals surface area contributed by atoms with Crippen molar-refractivity contribution in [1.82, 2.24) is 4.98 Å². The Morgan fingerprint density at radius 3 is 2.38 bits per heavy atom. The summed E-state index contributed by atoms with van der Waals surface area (Å²) in [6, 6.07) is 7.02. The van der Waals surface area contributed by atoms with Crippen molar-refractivity contribution in [3.8, 4) is 11.6 Å². The number of nitrogens with zero attached hydrogens (tertiary/aromatic N) is 2. The van der Waals surface area contributed by atoms with Gasteiger partial charge in [-0.3, -0.25) is 0 Å². The van der Waals surface area contributed by atoms with E-state index in [2.05, 4.69) is 73.6 Å². The summed E-state index contributed by atoms with van der Waals surface area (Å²) < 4.78 is 7.49. The Labute approximate surface area is 165 Å². The van der Waals surface area contributed by atoms with Crippen molar-refractivity contribution >= 4 is 21.6 Å². The quantitative estimate of drug-likeness (QED) is 0.555. The topological polar surface area (TPSA) is 25.4 Å². The first-order valence-corrected chi connectivity index (χ1v) is 10.5. The van der Waals surface area contributed by atoms with Crippen molar-refractivity contribution in [3.63, 3.8) is 0 Å². The number of pyridine rings is 1. The van der Waals surface area contributed by atoms with Crippen LogP contribution < -0.4 is 9.64 Å². The van der Waals surface area contributed by atoms with E-state index in [9.17, 15) is 0 Å². The number of hydrogen-bond acceptors (Lipinski definition) is 3. The molecule has 0 radical (unpaired) electrons. The van der Waals surface area contributed by atoms with Gasteiger partial charge in [-0.1, -0.05) is 29.8 Å². The normalized spacial score (nSPS) is 13.9. The first kappa shape index (κ1) is 19.2. The van der Waals surface area contributed by atoms with Gasteiger partial charge < -0.3 is 9.64 Å². The van der Waals surface area contributed by atoms with Gasteiger partial charge in [0, 0.05) is 34.0 Å². The molecular formula is C22H29BrN2O. The van der Waals surface area contributed by atoms with E-state index in [0.717, 1.165) is 52.3 Å². The van der Waals surface area contributed by atoms with Gasteiger partial charge in [-0.25, -0.2) is 4.98 Å². The third kappa shape index (κ3) is 3.75. The van der Waals surface area contributed by atoms with Crippen LogP contribution in [0.2, 0.25) is 0 Å². The lowest BCUT2D eigenvalue weighted by Gasteiger charge is -2.38. The minimum Gasteiger partial charge on any atom is -0.438 e. The molecule has 3 rings (SSSR count). The van der Waals surface area contributed by atoms with Gasteiger partial charge in [-0.2, -0.15) is 0 Å². The van der Waals surface area contributed by atoms with E-state index >= 15 is 0 Å². The highest BCUT2D eigenvalue weighted by Crippen LogP contribution is 2.39. The third-order valence-electron chi connectivity index (χ3n) is 5.33. The van der Waals surface area contributed by atoms with Crippen LogP contribution in [0, 0.1) is 20.8 Å². The number of fused-ring (bicyclic) bond motifs is 1. The van der Waals surface area contributed by atoms with E-state index in [-0.39, 0.29) is 0 Å². The van der Waals surface area contributed by atoms with Gasteiger partial charge in [0.1, 0.15) is 5.75 Å². The summed E-state index contributed by atoms with van der Waals surface area (Å²) in [5.41, 5.74) is 5.85. The van der Waals surface area contributed by atoms with Crippen LogP contribution in [0.5, 0.6) is 11.6 Å². The zero-order valence-electron chi connectivity index (χ0n) is 16.5. The molecule has 0 saturated heterocycles. The molecule has 1 aromatic heterocycles. The maximum absolute atomic E-state index is 6.41. The first-order valence-electron chi connectivity index (χ1n) is 9.66. The molecule has 0 atom stereocenters. The lowest BCUT2D eigenvalue weighted by molar-refractivity contribution is 0.441. The van der Waals surface area contributed by atoms with Gasteiger partial charge in [0.25, 0.3) is 0 Å². The minimum absolute atomic E-state index is 0.583. The SMILES string of the molecule is CCC(CC)N1CCCc2c1cc(C)nc2Oc1c(C)cc(Br)cc1C. The molecule has 0 fully saturated rings. The fraction of sp³-hybridized carbons (Fsp3) is 0.500. The van der Waals surface area contributed by atoms with Gasteiger partial charge in [-0.05, 0) is 75.8 Å². The van der Waals surface area contributed by atoms with Gasteiger partial charge in [0.2, 0.25) is 5.88 Å². The van der Waals surface area contributed by atoms with Crippen LogP contribution in [0.15, 0.2) is 22.7 Å². The van der Waals surface area contributed by atoms with E-state index in [1.807, 2.05) is 0 Å². The highest BCUT2D eigenvalue weighted by Gasteiger charge is 2.26. The summed E-state index contributed by atoms with van der Waals surface area (Å²) in [4.78, 5) is 7.34. The van der Waals surface area contributed by atoms with Crippen LogP contribution in [-0.2, 0) is 6.42 Å². The summed E-state index contributed by atoms with van der Waals surface area (Å²) in [7, 11) is 0. The zero-order chi connectivity index (χ0) is 18.8. The van der Waals surface area contributed by atoms with Gasteiger partial charge >= 0.3 is 0 Å². The molecule has 1 aliphatic heterocycles. The Bertz CT molecular complexity index is 776. The third-order valence-corrected chi connectivity index (χ3v) is 5.79. The molecule has 140 valence electrons. The number of hydrogen-bond donors (Lipinski definition) is 0. The minimum atomic E-state index is 0.583. The summed E-state index contributed by atoms with van der Waals surface area (Å²) in [6.45, 7) is 11.9. The monoisotopic (exact) mass is 416 g/mol. The number of halogens is 1. The standard InChI is InChI=1S/C22H29BrN2O/c1-6-18(7-2)25-10-8-9-19-20(25)13-16(5)24-22(19)26-21-14(3)11-17(23)12-15(21)4/h11-13,18H,6-10H2,1-5H3. The van der Waals surface area contributed by atoms with Crippen molar-refractivity contribution in [2.75, 3.05) is 11.4 Å². The molecule has 26 heavy (non-hydrogen) atoms. The summed E-state index contributed by atoms with van der Waals surface area (Å²) in [5, 5.41) is 0. The molecule has 0 aliphatic carbocycles. The number of benzene rings is 1. The predicted molar refractivity (Wildman–Crippen MR) is 113 cm³/mol. The number of aromatic nitrogens is 1. The summed E-state index contributed by atoms with van der Waals surface area (Å²) >= 11 is 3.57. The maximum atomic E-state index is 6.41. The molecule has 1 aliphatic rings. The molecule has 3 nitrogen and oxygen atoms in total. The van der Waals surface area contributed by atoms with E-state index in [4.69, 9.17) is 9.72 Å². The Balaban J connectivity index is 2.05. The van der Waals surface area contributed by atoms with Gasteiger partial charge in [-0.15, -0.1) is 0 Å². The number of rotatable bonds is 5. The van der Waals surface area contributed by atoms with Crippen LogP contribution in [0.25, 0.3) is 0 Å². The molecular weight excluding hydrogens is 388 g/mol. The van der Waals surface area contributed by atoms with Crippen molar-refractivity contribution in [2.45, 2.75) is 66.3 Å². The first-order chi connectivity index (χ1) is 12.4. The second-order valence-electron chi connectivity index (χ2n) is 7.30. The van der Waals surface area contributed by atoms with Gasteiger partial charge in [0.15, 0.2) is 0 Å². The van der Waals surface area contributed by atoms with Crippen LogP contribution in [0.4, 0.5) is 5.69 Å². The average molecular weight is 417 g/mol. The van der Waals surface area contributed by atoms with Crippen molar-refractivity contribution < 1.29 is 4.74 Å². The number of aryl methyl sites for hydroxylation is 3. The molecule has 4 heteroatoms. The average Bonchev–Trinajstić information content (AvgIpc) is 2.59. The van der Waals surface area contributed by atoms with Crippen molar-refractivity contribution in [1.29, 1.82) is 0 Å². The Morgan fingerprint density at radius 1 is 1.12 bits per heavy atom.